The average molecular weight is 548 g/mol. The van der Waals surface area contributed by atoms with E-state index >= 15 is 0 Å². The lowest BCUT2D eigenvalue weighted by Crippen LogP contribution is -2.44. The largest absolute Gasteiger partial charge is 0.507 e. The molecule has 1 heterocycles. The van der Waals surface area contributed by atoms with E-state index in [0.717, 1.165) is 11.1 Å². The lowest BCUT2D eigenvalue weighted by molar-refractivity contribution is -0.141. The lowest BCUT2D eigenvalue weighted by atomic mass is 9.84. The summed E-state index contributed by atoms with van der Waals surface area (Å²) in [6, 6.07) is 29.9. The molecule has 1 amide bonds. The van der Waals surface area contributed by atoms with E-state index in [1.54, 1.807) is 24.3 Å². The molecule has 6 nitrogen and oxygen atoms in total. The minimum Gasteiger partial charge on any atom is -0.507 e. The molecule has 0 unspecified atom stereocenters. The van der Waals surface area contributed by atoms with Crippen molar-refractivity contribution in [1.82, 2.24) is 4.90 Å². The molecule has 1 aliphatic heterocycles. The van der Waals surface area contributed by atoms with Crippen molar-refractivity contribution < 1.29 is 24.5 Å². The SMILES string of the molecule is CCOc1ccc(C(O)=C2C(=O)C(=O)N(CC(O)(c3ccc(C)cc3)c3ccc(C)cc3)[C@@H]2c2ccccc2)cc1. The van der Waals surface area contributed by atoms with Gasteiger partial charge in [-0.15, -0.1) is 0 Å². The van der Waals surface area contributed by atoms with Gasteiger partial charge in [-0.05, 0) is 61.7 Å². The summed E-state index contributed by atoms with van der Waals surface area (Å²) in [7, 11) is 0. The van der Waals surface area contributed by atoms with Crippen LogP contribution in [-0.2, 0) is 15.2 Å². The van der Waals surface area contributed by atoms with Crippen molar-refractivity contribution in [3.8, 4) is 5.75 Å². The van der Waals surface area contributed by atoms with Crippen LogP contribution in [0.4, 0.5) is 0 Å². The molecule has 1 aliphatic rings. The molecule has 6 heteroatoms. The zero-order chi connectivity index (χ0) is 29.1. The van der Waals surface area contributed by atoms with Crippen LogP contribution >= 0.6 is 0 Å². The maximum absolute atomic E-state index is 13.7. The number of hydrogen-bond acceptors (Lipinski definition) is 5. The van der Waals surface area contributed by atoms with Gasteiger partial charge in [-0.2, -0.15) is 0 Å². The van der Waals surface area contributed by atoms with Gasteiger partial charge >= 0.3 is 0 Å². The Morgan fingerprint density at radius 3 is 1.85 bits per heavy atom. The molecule has 1 fully saturated rings. The van der Waals surface area contributed by atoms with E-state index in [0.29, 0.717) is 34.6 Å². The Labute approximate surface area is 240 Å². The van der Waals surface area contributed by atoms with Crippen LogP contribution in [0, 0.1) is 13.8 Å². The average Bonchev–Trinajstić information content (AvgIpc) is 3.23. The van der Waals surface area contributed by atoms with Gasteiger partial charge in [-0.3, -0.25) is 9.59 Å². The third kappa shape index (κ3) is 5.39. The number of aliphatic hydroxyl groups excluding tert-OH is 1. The van der Waals surface area contributed by atoms with Crippen molar-refractivity contribution in [2.75, 3.05) is 13.2 Å². The Hall–Kier alpha value is -4.68. The Kier molecular flexibility index (Phi) is 7.77. The number of Topliss-reactive ketones (excluding diaryl/α,β-unsaturated/α-hetero) is 1. The summed E-state index contributed by atoms with van der Waals surface area (Å²) >= 11 is 0. The van der Waals surface area contributed by atoms with Crippen molar-refractivity contribution in [3.63, 3.8) is 0 Å². The molecule has 0 aliphatic carbocycles. The summed E-state index contributed by atoms with van der Waals surface area (Å²) < 4.78 is 5.51. The molecule has 208 valence electrons. The number of aliphatic hydroxyl groups is 2. The Bertz CT molecular complexity index is 1530. The monoisotopic (exact) mass is 547 g/mol. The summed E-state index contributed by atoms with van der Waals surface area (Å²) in [4.78, 5) is 28.7. The lowest BCUT2D eigenvalue weighted by Gasteiger charge is -2.36. The molecule has 2 N–H and O–H groups in total. The van der Waals surface area contributed by atoms with Gasteiger partial charge in [0.1, 0.15) is 17.1 Å². The molecule has 41 heavy (non-hydrogen) atoms. The smallest absolute Gasteiger partial charge is 0.295 e. The molecule has 4 aromatic rings. The number of amides is 1. The summed E-state index contributed by atoms with van der Waals surface area (Å²) in [5.41, 5.74) is 2.61. The molecule has 0 bridgehead atoms. The number of ketones is 1. The van der Waals surface area contributed by atoms with Crippen molar-refractivity contribution in [1.29, 1.82) is 0 Å². The molecule has 0 spiro atoms. The molecule has 1 atom stereocenters. The number of benzene rings is 4. The molecule has 0 saturated carbocycles. The van der Waals surface area contributed by atoms with Crippen molar-refractivity contribution in [2.45, 2.75) is 32.4 Å². The van der Waals surface area contributed by atoms with Gasteiger partial charge in [-0.25, -0.2) is 0 Å². The van der Waals surface area contributed by atoms with E-state index in [2.05, 4.69) is 0 Å². The fourth-order valence-corrected chi connectivity index (χ4v) is 5.31. The Balaban J connectivity index is 1.65. The minimum atomic E-state index is -1.63. The summed E-state index contributed by atoms with van der Waals surface area (Å²) in [5, 5.41) is 23.8. The van der Waals surface area contributed by atoms with Crippen molar-refractivity contribution in [3.05, 3.63) is 142 Å². The first kappa shape index (κ1) is 27.9. The zero-order valence-electron chi connectivity index (χ0n) is 23.4. The maximum atomic E-state index is 13.7. The third-order valence-corrected chi connectivity index (χ3v) is 7.55. The van der Waals surface area contributed by atoms with Crippen LogP contribution in [0.2, 0.25) is 0 Å². The molecule has 4 aromatic carbocycles. The highest BCUT2D eigenvalue weighted by Crippen LogP contribution is 2.42. The quantitative estimate of drug-likeness (QED) is 0.159. The molecule has 0 aromatic heterocycles. The fraction of sp³-hybridized carbons (Fsp3) is 0.200. The van der Waals surface area contributed by atoms with Crippen LogP contribution in [0.25, 0.3) is 5.76 Å². The predicted octanol–water partition coefficient (Wildman–Crippen LogP) is 6.06. The standard InChI is InChI=1S/C35H33NO5/c1-4-41-29-20-14-26(15-21-29)32(37)30-31(25-8-6-5-7-9-25)36(34(39)33(30)38)22-35(40,27-16-10-23(2)11-17-27)28-18-12-24(3)13-19-28/h5-21,31,37,40H,4,22H2,1-3H3/t31-/m1/s1. The first-order valence-corrected chi connectivity index (χ1v) is 13.7. The second-order valence-corrected chi connectivity index (χ2v) is 10.4. The first-order chi connectivity index (χ1) is 19.7. The van der Waals surface area contributed by atoms with Crippen LogP contribution in [0.15, 0.2) is 109 Å². The van der Waals surface area contributed by atoms with Gasteiger partial charge in [0, 0.05) is 5.56 Å². The van der Waals surface area contributed by atoms with Gasteiger partial charge in [0.2, 0.25) is 0 Å². The van der Waals surface area contributed by atoms with E-state index in [-0.39, 0.29) is 17.9 Å². The third-order valence-electron chi connectivity index (χ3n) is 7.55. The van der Waals surface area contributed by atoms with Crippen LogP contribution in [0.3, 0.4) is 0 Å². The number of aryl methyl sites for hydroxylation is 2. The molecule has 1 saturated heterocycles. The van der Waals surface area contributed by atoms with Gasteiger partial charge in [-0.1, -0.05) is 90.0 Å². The van der Waals surface area contributed by atoms with E-state index in [1.807, 2.05) is 99.6 Å². The zero-order valence-corrected chi connectivity index (χ0v) is 23.4. The van der Waals surface area contributed by atoms with Crippen LogP contribution in [-0.4, -0.2) is 40.0 Å². The number of rotatable bonds is 8. The normalized spacial score (nSPS) is 16.7. The number of nitrogens with zero attached hydrogens (tertiary/aromatic N) is 1. The summed E-state index contributed by atoms with van der Waals surface area (Å²) in [6.07, 6.45) is 0. The number of likely N-dealkylation sites (tertiary alicyclic amines) is 1. The number of ether oxygens (including phenoxy) is 1. The molecular weight excluding hydrogens is 514 g/mol. The predicted molar refractivity (Wildman–Crippen MR) is 158 cm³/mol. The fourth-order valence-electron chi connectivity index (χ4n) is 5.31. The number of hydrogen-bond donors (Lipinski definition) is 2. The Morgan fingerprint density at radius 2 is 1.34 bits per heavy atom. The van der Waals surface area contributed by atoms with E-state index in [1.165, 1.54) is 4.90 Å². The number of β-amino-alcohol motifs (C(OH)–C–C–N with tert-alkyl or cyclic N) is 1. The minimum absolute atomic E-state index is 0.0273. The first-order valence-electron chi connectivity index (χ1n) is 13.7. The number of carbonyl (C=O) groups excluding carboxylic acids is 2. The van der Waals surface area contributed by atoms with E-state index in [9.17, 15) is 19.8 Å². The van der Waals surface area contributed by atoms with Crippen LogP contribution < -0.4 is 4.74 Å². The summed E-state index contributed by atoms with van der Waals surface area (Å²) in [5.74, 6) is -1.24. The number of carbonyl (C=O) groups is 2. The van der Waals surface area contributed by atoms with Gasteiger partial charge in [0.15, 0.2) is 0 Å². The van der Waals surface area contributed by atoms with Gasteiger partial charge < -0.3 is 19.8 Å². The maximum Gasteiger partial charge on any atom is 0.295 e. The van der Waals surface area contributed by atoms with E-state index < -0.39 is 23.3 Å². The highest BCUT2D eigenvalue weighted by atomic mass is 16.5. The highest BCUT2D eigenvalue weighted by Gasteiger charge is 2.49. The van der Waals surface area contributed by atoms with E-state index in [4.69, 9.17) is 4.74 Å². The highest BCUT2D eigenvalue weighted by molar-refractivity contribution is 6.46. The van der Waals surface area contributed by atoms with Gasteiger partial charge in [0.25, 0.3) is 11.7 Å². The second kappa shape index (κ2) is 11.4. The second-order valence-electron chi connectivity index (χ2n) is 10.4. The van der Waals surface area contributed by atoms with Crippen LogP contribution in [0.1, 0.15) is 46.3 Å². The summed E-state index contributed by atoms with van der Waals surface area (Å²) in [6.45, 7) is 6.09. The molecular formula is C35H33NO5. The van der Waals surface area contributed by atoms with Crippen molar-refractivity contribution >= 4 is 17.4 Å². The molecule has 5 rings (SSSR count). The molecule has 0 radical (unpaired) electrons. The van der Waals surface area contributed by atoms with Crippen molar-refractivity contribution in [2.24, 2.45) is 0 Å². The Morgan fingerprint density at radius 1 is 0.805 bits per heavy atom. The van der Waals surface area contributed by atoms with Gasteiger partial charge in [0.05, 0.1) is 24.8 Å². The topological polar surface area (TPSA) is 87.1 Å². The van der Waals surface area contributed by atoms with Crippen LogP contribution in [0.5, 0.6) is 5.75 Å².